The number of rotatable bonds is 9. The molecule has 136 valence electrons. The fourth-order valence-electron chi connectivity index (χ4n) is 2.92. The van der Waals surface area contributed by atoms with Crippen LogP contribution in [-0.2, 0) is 4.74 Å². The van der Waals surface area contributed by atoms with Gasteiger partial charge in [-0.15, -0.1) is 0 Å². The monoisotopic (exact) mass is 326 g/mol. The van der Waals surface area contributed by atoms with E-state index >= 15 is 0 Å². The summed E-state index contributed by atoms with van der Waals surface area (Å²) >= 11 is 0. The van der Waals surface area contributed by atoms with Gasteiger partial charge >= 0.3 is 0 Å². The lowest BCUT2D eigenvalue weighted by Crippen LogP contribution is -2.49. The summed E-state index contributed by atoms with van der Waals surface area (Å²) in [5.74, 6) is 1.69. The first-order valence-electron chi connectivity index (χ1n) is 9.40. The predicted octanol–water partition coefficient (Wildman–Crippen LogP) is 2.48. The third-order valence-corrected chi connectivity index (χ3v) is 4.72. The minimum absolute atomic E-state index is 0.332. The average Bonchev–Trinajstić information content (AvgIpc) is 2.55. The van der Waals surface area contributed by atoms with Crippen molar-refractivity contribution in [3.05, 3.63) is 0 Å². The Morgan fingerprint density at radius 2 is 1.87 bits per heavy atom. The van der Waals surface area contributed by atoms with Gasteiger partial charge in [-0.3, -0.25) is 4.99 Å². The number of ether oxygens (including phenoxy) is 1. The molecule has 0 amide bonds. The molecule has 0 aromatic rings. The summed E-state index contributed by atoms with van der Waals surface area (Å²) in [4.78, 5) is 6.87. The summed E-state index contributed by atoms with van der Waals surface area (Å²) in [5.41, 5.74) is 0. The highest BCUT2D eigenvalue weighted by Crippen LogP contribution is 2.10. The molecule has 5 nitrogen and oxygen atoms in total. The van der Waals surface area contributed by atoms with E-state index in [0.717, 1.165) is 44.7 Å². The van der Waals surface area contributed by atoms with Crippen LogP contribution in [0.25, 0.3) is 0 Å². The number of hydrogen-bond acceptors (Lipinski definition) is 3. The maximum absolute atomic E-state index is 5.64. The van der Waals surface area contributed by atoms with Crippen LogP contribution in [0.15, 0.2) is 4.99 Å². The maximum Gasteiger partial charge on any atom is 0.191 e. The van der Waals surface area contributed by atoms with Gasteiger partial charge in [0.2, 0.25) is 0 Å². The molecule has 0 aromatic carbocycles. The van der Waals surface area contributed by atoms with Crippen molar-refractivity contribution in [2.45, 2.75) is 65.5 Å². The van der Waals surface area contributed by atoms with Crippen molar-refractivity contribution in [2.75, 3.05) is 39.8 Å². The Bertz CT molecular complexity index is 321. The van der Waals surface area contributed by atoms with E-state index in [4.69, 9.17) is 4.74 Å². The third-order valence-electron chi connectivity index (χ3n) is 4.72. The van der Waals surface area contributed by atoms with Crippen molar-refractivity contribution in [1.29, 1.82) is 0 Å². The van der Waals surface area contributed by atoms with Crippen LogP contribution < -0.4 is 10.6 Å². The van der Waals surface area contributed by atoms with Gasteiger partial charge in [0.1, 0.15) is 0 Å². The molecule has 5 heteroatoms. The molecule has 0 atom stereocenters. The molecule has 1 saturated heterocycles. The molecule has 0 unspecified atom stereocenters. The minimum Gasteiger partial charge on any atom is -0.377 e. The summed E-state index contributed by atoms with van der Waals surface area (Å²) in [6.45, 7) is 13.9. The Morgan fingerprint density at radius 3 is 2.39 bits per heavy atom. The summed E-state index contributed by atoms with van der Waals surface area (Å²) in [6.07, 6.45) is 5.12. The minimum atomic E-state index is 0.332. The Hall–Kier alpha value is -0.810. The lowest BCUT2D eigenvalue weighted by molar-refractivity contribution is 0.0532. The van der Waals surface area contributed by atoms with Gasteiger partial charge in [-0.05, 0) is 32.6 Å². The van der Waals surface area contributed by atoms with Crippen molar-refractivity contribution in [2.24, 2.45) is 10.9 Å². The fourth-order valence-corrected chi connectivity index (χ4v) is 2.92. The first kappa shape index (κ1) is 20.2. The van der Waals surface area contributed by atoms with Crippen molar-refractivity contribution in [3.63, 3.8) is 0 Å². The molecule has 1 heterocycles. The number of piperidine rings is 1. The van der Waals surface area contributed by atoms with Crippen LogP contribution in [0.1, 0.15) is 53.4 Å². The summed E-state index contributed by atoms with van der Waals surface area (Å²) in [5, 5.41) is 7.07. The number of hydrogen-bond donors (Lipinski definition) is 2. The molecule has 0 radical (unpaired) electrons. The molecule has 0 aromatic heterocycles. The molecule has 23 heavy (non-hydrogen) atoms. The highest BCUT2D eigenvalue weighted by molar-refractivity contribution is 5.79. The number of guanidine groups is 1. The van der Waals surface area contributed by atoms with Crippen molar-refractivity contribution < 1.29 is 4.74 Å². The quantitative estimate of drug-likeness (QED) is 0.505. The molecule has 1 fully saturated rings. The number of likely N-dealkylation sites (tertiary alicyclic amines) is 1. The average molecular weight is 327 g/mol. The van der Waals surface area contributed by atoms with Gasteiger partial charge in [0.25, 0.3) is 0 Å². The van der Waals surface area contributed by atoms with Gasteiger partial charge in [0.15, 0.2) is 5.96 Å². The molecule has 1 aliphatic rings. The van der Waals surface area contributed by atoms with E-state index in [2.05, 4.69) is 48.2 Å². The van der Waals surface area contributed by atoms with Crippen LogP contribution >= 0.6 is 0 Å². The second kappa shape index (κ2) is 11.7. The first-order chi connectivity index (χ1) is 11.1. The fraction of sp³-hybridized carbons (Fsp3) is 0.944. The number of nitrogens with zero attached hydrogens (tertiary/aromatic N) is 2. The van der Waals surface area contributed by atoms with E-state index in [0.29, 0.717) is 12.1 Å². The van der Waals surface area contributed by atoms with E-state index in [1.54, 1.807) is 0 Å². The Kier molecular flexibility index (Phi) is 10.3. The zero-order valence-electron chi connectivity index (χ0n) is 15.9. The molecular formula is C18H38N4O. The standard InChI is InChI=1S/C18H38N4O/c1-6-16(7-2)14-20-18(19-5)21-17-8-10-22(11-9-17)12-13-23-15(3)4/h15-17H,6-14H2,1-5H3,(H2,19,20,21). The van der Waals surface area contributed by atoms with E-state index < -0.39 is 0 Å². The van der Waals surface area contributed by atoms with Gasteiger partial charge < -0.3 is 20.3 Å². The van der Waals surface area contributed by atoms with Crippen molar-refractivity contribution in [1.82, 2.24) is 15.5 Å². The normalized spacial score (nSPS) is 18.0. The smallest absolute Gasteiger partial charge is 0.191 e. The van der Waals surface area contributed by atoms with Crippen LogP contribution in [0, 0.1) is 5.92 Å². The Balaban J connectivity index is 2.23. The lowest BCUT2D eigenvalue weighted by atomic mass is 10.0. The summed E-state index contributed by atoms with van der Waals surface area (Å²) in [7, 11) is 1.86. The van der Waals surface area contributed by atoms with Gasteiger partial charge in [0.05, 0.1) is 12.7 Å². The molecule has 0 saturated carbocycles. The van der Waals surface area contributed by atoms with Gasteiger partial charge in [-0.1, -0.05) is 26.7 Å². The summed E-state index contributed by atoms with van der Waals surface area (Å²) in [6, 6.07) is 0.533. The SMILES string of the molecule is CCC(CC)CNC(=NC)NC1CCN(CCOC(C)C)CC1. The van der Waals surface area contributed by atoms with E-state index in [1.165, 1.54) is 25.7 Å². The Morgan fingerprint density at radius 1 is 1.22 bits per heavy atom. The zero-order chi connectivity index (χ0) is 17.1. The largest absolute Gasteiger partial charge is 0.377 e. The molecule has 0 aliphatic carbocycles. The number of nitrogens with one attached hydrogen (secondary N) is 2. The van der Waals surface area contributed by atoms with Crippen LogP contribution in [0.4, 0.5) is 0 Å². The highest BCUT2D eigenvalue weighted by atomic mass is 16.5. The molecule has 2 N–H and O–H groups in total. The first-order valence-corrected chi connectivity index (χ1v) is 9.40. The number of aliphatic imine (C=N–C) groups is 1. The van der Waals surface area contributed by atoms with Crippen LogP contribution in [0.3, 0.4) is 0 Å². The van der Waals surface area contributed by atoms with Crippen molar-refractivity contribution in [3.8, 4) is 0 Å². The van der Waals surface area contributed by atoms with Crippen LogP contribution in [-0.4, -0.2) is 62.8 Å². The van der Waals surface area contributed by atoms with Crippen molar-refractivity contribution >= 4 is 5.96 Å². The van der Waals surface area contributed by atoms with Gasteiger partial charge in [0, 0.05) is 39.3 Å². The Labute approximate surface area is 143 Å². The maximum atomic E-state index is 5.64. The molecule has 0 spiro atoms. The molecule has 0 bridgehead atoms. The second-order valence-electron chi connectivity index (χ2n) is 6.82. The van der Waals surface area contributed by atoms with Gasteiger partial charge in [-0.2, -0.15) is 0 Å². The van der Waals surface area contributed by atoms with Crippen LogP contribution in [0.5, 0.6) is 0 Å². The topological polar surface area (TPSA) is 48.9 Å². The van der Waals surface area contributed by atoms with E-state index in [-0.39, 0.29) is 0 Å². The van der Waals surface area contributed by atoms with Crippen LogP contribution in [0.2, 0.25) is 0 Å². The third kappa shape index (κ3) is 8.56. The van der Waals surface area contributed by atoms with Gasteiger partial charge in [-0.25, -0.2) is 0 Å². The second-order valence-corrected chi connectivity index (χ2v) is 6.82. The molecular weight excluding hydrogens is 288 g/mol. The zero-order valence-corrected chi connectivity index (χ0v) is 15.9. The molecule has 1 rings (SSSR count). The van der Waals surface area contributed by atoms with E-state index in [9.17, 15) is 0 Å². The predicted molar refractivity (Wildman–Crippen MR) is 99.1 cm³/mol. The summed E-state index contributed by atoms with van der Waals surface area (Å²) < 4.78 is 5.64. The highest BCUT2D eigenvalue weighted by Gasteiger charge is 2.20. The lowest BCUT2D eigenvalue weighted by Gasteiger charge is -2.33. The van der Waals surface area contributed by atoms with E-state index in [1.807, 2.05) is 7.05 Å². The molecule has 1 aliphatic heterocycles.